The van der Waals surface area contributed by atoms with Gasteiger partial charge in [0.25, 0.3) is 0 Å². The van der Waals surface area contributed by atoms with E-state index in [0.717, 1.165) is 19.5 Å². The van der Waals surface area contributed by atoms with Crippen LogP contribution in [0.1, 0.15) is 26.7 Å². The molecule has 0 aliphatic carbocycles. The molecule has 1 amide bonds. The molecular formula is C15H24ClN3O. The summed E-state index contributed by atoms with van der Waals surface area (Å²) in [5, 5.41) is 3.36. The third-order valence-electron chi connectivity index (χ3n) is 2.91. The lowest BCUT2D eigenvalue weighted by Gasteiger charge is -2.18. The molecule has 20 heavy (non-hydrogen) atoms. The highest BCUT2D eigenvalue weighted by Gasteiger charge is 2.07. The molecular weight excluding hydrogens is 274 g/mol. The van der Waals surface area contributed by atoms with Gasteiger partial charge >= 0.3 is 0 Å². The number of amides is 1. The highest BCUT2D eigenvalue weighted by Crippen LogP contribution is 2.23. The molecule has 5 heteroatoms. The van der Waals surface area contributed by atoms with Crippen molar-refractivity contribution in [3.05, 3.63) is 23.2 Å². The van der Waals surface area contributed by atoms with E-state index in [1.165, 1.54) is 0 Å². The van der Waals surface area contributed by atoms with E-state index in [-0.39, 0.29) is 5.91 Å². The molecule has 0 aliphatic rings. The first-order valence-electron chi connectivity index (χ1n) is 6.92. The molecule has 1 rings (SSSR count). The Morgan fingerprint density at radius 3 is 2.80 bits per heavy atom. The summed E-state index contributed by atoms with van der Waals surface area (Å²) in [6, 6.07) is 5.06. The molecule has 0 heterocycles. The number of nitrogens with zero attached hydrogens (tertiary/aromatic N) is 1. The Balaban J connectivity index is 2.35. The number of hydrogen-bond acceptors (Lipinski definition) is 3. The van der Waals surface area contributed by atoms with Crippen molar-refractivity contribution in [3.63, 3.8) is 0 Å². The fourth-order valence-corrected chi connectivity index (χ4v) is 2.25. The summed E-state index contributed by atoms with van der Waals surface area (Å²) in [4.78, 5) is 14.1. The highest BCUT2D eigenvalue weighted by molar-refractivity contribution is 6.31. The van der Waals surface area contributed by atoms with Crippen LogP contribution in [-0.2, 0) is 4.79 Å². The molecule has 0 fully saturated rings. The molecule has 1 aromatic carbocycles. The minimum absolute atomic E-state index is 0.0306. The summed E-state index contributed by atoms with van der Waals surface area (Å²) in [5.74, 6) is 0.608. The smallest absolute Gasteiger partial charge is 0.224 e. The van der Waals surface area contributed by atoms with Gasteiger partial charge in [0.2, 0.25) is 5.91 Å². The minimum atomic E-state index is -0.0306. The number of nitrogen functional groups attached to an aromatic ring is 1. The van der Waals surface area contributed by atoms with Gasteiger partial charge in [-0.1, -0.05) is 25.4 Å². The molecule has 0 aliphatic heterocycles. The molecule has 0 atom stereocenters. The van der Waals surface area contributed by atoms with Gasteiger partial charge in [-0.2, -0.15) is 0 Å². The van der Waals surface area contributed by atoms with E-state index in [2.05, 4.69) is 31.1 Å². The van der Waals surface area contributed by atoms with E-state index >= 15 is 0 Å². The van der Waals surface area contributed by atoms with E-state index in [1.54, 1.807) is 18.2 Å². The molecule has 0 radical (unpaired) electrons. The second kappa shape index (κ2) is 8.12. The maximum absolute atomic E-state index is 11.9. The van der Waals surface area contributed by atoms with Crippen molar-refractivity contribution in [2.75, 3.05) is 31.2 Å². The van der Waals surface area contributed by atoms with Crippen LogP contribution in [-0.4, -0.2) is 30.9 Å². The first-order chi connectivity index (χ1) is 9.38. The van der Waals surface area contributed by atoms with Crippen LogP contribution in [0.25, 0.3) is 0 Å². The number of benzene rings is 1. The Morgan fingerprint density at radius 2 is 2.15 bits per heavy atom. The highest BCUT2D eigenvalue weighted by atomic mass is 35.5. The predicted molar refractivity (Wildman–Crippen MR) is 86.1 cm³/mol. The minimum Gasteiger partial charge on any atom is -0.397 e. The summed E-state index contributed by atoms with van der Waals surface area (Å²) < 4.78 is 0. The fourth-order valence-electron chi connectivity index (χ4n) is 2.07. The van der Waals surface area contributed by atoms with E-state index in [9.17, 15) is 4.79 Å². The quantitative estimate of drug-likeness (QED) is 0.760. The van der Waals surface area contributed by atoms with Crippen LogP contribution in [0.15, 0.2) is 18.2 Å². The molecule has 0 saturated carbocycles. The van der Waals surface area contributed by atoms with Crippen LogP contribution in [0, 0.1) is 5.92 Å². The van der Waals surface area contributed by atoms with Crippen molar-refractivity contribution >= 4 is 28.9 Å². The topological polar surface area (TPSA) is 58.4 Å². The molecule has 0 bridgehead atoms. The average Bonchev–Trinajstić information content (AvgIpc) is 2.33. The van der Waals surface area contributed by atoms with Crippen LogP contribution in [0.2, 0.25) is 5.02 Å². The Labute approximate surface area is 126 Å². The number of halogens is 1. The lowest BCUT2D eigenvalue weighted by Crippen LogP contribution is -2.25. The monoisotopic (exact) mass is 297 g/mol. The van der Waals surface area contributed by atoms with Crippen LogP contribution in [0.4, 0.5) is 11.4 Å². The zero-order valence-electron chi connectivity index (χ0n) is 12.4. The van der Waals surface area contributed by atoms with Gasteiger partial charge in [-0.05, 0) is 44.1 Å². The van der Waals surface area contributed by atoms with Crippen molar-refractivity contribution < 1.29 is 4.79 Å². The number of rotatable bonds is 7. The molecule has 4 nitrogen and oxygen atoms in total. The third-order valence-corrected chi connectivity index (χ3v) is 3.15. The molecule has 3 N–H and O–H groups in total. The molecule has 0 saturated heterocycles. The summed E-state index contributed by atoms with van der Waals surface area (Å²) in [6.07, 6.45) is 1.31. The van der Waals surface area contributed by atoms with Crippen LogP contribution < -0.4 is 11.1 Å². The molecule has 112 valence electrons. The lowest BCUT2D eigenvalue weighted by molar-refractivity contribution is -0.116. The Morgan fingerprint density at radius 1 is 1.45 bits per heavy atom. The number of anilines is 2. The number of nitrogens with two attached hydrogens (primary N) is 1. The lowest BCUT2D eigenvalue weighted by atomic mass is 10.2. The van der Waals surface area contributed by atoms with Crippen molar-refractivity contribution in [2.24, 2.45) is 5.92 Å². The number of carbonyl (C=O) groups excluding carboxylic acids is 1. The first kappa shape index (κ1) is 16.8. The van der Waals surface area contributed by atoms with E-state index in [0.29, 0.717) is 28.7 Å². The van der Waals surface area contributed by atoms with Crippen molar-refractivity contribution in [3.8, 4) is 0 Å². The summed E-state index contributed by atoms with van der Waals surface area (Å²) >= 11 is 5.88. The van der Waals surface area contributed by atoms with E-state index < -0.39 is 0 Å². The number of hydrogen-bond donors (Lipinski definition) is 2. The van der Waals surface area contributed by atoms with Gasteiger partial charge in [0, 0.05) is 18.0 Å². The van der Waals surface area contributed by atoms with Gasteiger partial charge in [-0.15, -0.1) is 0 Å². The van der Waals surface area contributed by atoms with Crippen LogP contribution in [0.3, 0.4) is 0 Å². The zero-order valence-corrected chi connectivity index (χ0v) is 13.2. The Hall–Kier alpha value is -1.26. The second-order valence-electron chi connectivity index (χ2n) is 5.54. The van der Waals surface area contributed by atoms with E-state index in [4.69, 9.17) is 17.3 Å². The van der Waals surface area contributed by atoms with Gasteiger partial charge in [-0.3, -0.25) is 4.79 Å². The zero-order chi connectivity index (χ0) is 15.1. The maximum Gasteiger partial charge on any atom is 0.224 e. The van der Waals surface area contributed by atoms with Crippen LogP contribution >= 0.6 is 11.6 Å². The molecule has 1 aromatic rings. The van der Waals surface area contributed by atoms with Gasteiger partial charge in [-0.25, -0.2) is 0 Å². The standard InChI is InChI=1S/C15H24ClN3O/c1-11(2)10-19(3)8-4-5-15(20)18-14-9-12(16)6-7-13(14)17/h6-7,9,11H,4-5,8,10,17H2,1-3H3,(H,18,20). The van der Waals surface area contributed by atoms with Gasteiger partial charge < -0.3 is 16.0 Å². The van der Waals surface area contributed by atoms with E-state index in [1.807, 2.05) is 0 Å². The summed E-state index contributed by atoms with van der Waals surface area (Å²) in [5.41, 5.74) is 6.90. The van der Waals surface area contributed by atoms with Gasteiger partial charge in [0.15, 0.2) is 0 Å². The third kappa shape index (κ3) is 6.26. The predicted octanol–water partition coefficient (Wildman–Crippen LogP) is 3.23. The van der Waals surface area contributed by atoms with Gasteiger partial charge in [0.05, 0.1) is 11.4 Å². The fraction of sp³-hybridized carbons (Fsp3) is 0.533. The average molecular weight is 298 g/mol. The second-order valence-corrected chi connectivity index (χ2v) is 5.98. The molecule has 0 spiro atoms. The first-order valence-corrected chi connectivity index (χ1v) is 7.29. The largest absolute Gasteiger partial charge is 0.397 e. The molecule has 0 aromatic heterocycles. The summed E-state index contributed by atoms with van der Waals surface area (Å²) in [6.45, 7) is 6.33. The van der Waals surface area contributed by atoms with Crippen LogP contribution in [0.5, 0.6) is 0 Å². The van der Waals surface area contributed by atoms with Crippen molar-refractivity contribution in [1.29, 1.82) is 0 Å². The Bertz CT molecular complexity index is 449. The van der Waals surface area contributed by atoms with Crippen molar-refractivity contribution in [1.82, 2.24) is 4.90 Å². The number of carbonyl (C=O) groups is 1. The van der Waals surface area contributed by atoms with Crippen molar-refractivity contribution in [2.45, 2.75) is 26.7 Å². The van der Waals surface area contributed by atoms with Gasteiger partial charge in [0.1, 0.15) is 0 Å². The maximum atomic E-state index is 11.9. The summed E-state index contributed by atoms with van der Waals surface area (Å²) in [7, 11) is 2.08. The molecule has 0 unspecified atom stereocenters. The number of nitrogens with one attached hydrogen (secondary N) is 1. The SMILES string of the molecule is CC(C)CN(C)CCCC(=O)Nc1cc(Cl)ccc1N. The normalized spacial score (nSPS) is 11.1. The Kier molecular flexibility index (Phi) is 6.82.